The first kappa shape index (κ1) is 14.6. The summed E-state index contributed by atoms with van der Waals surface area (Å²) < 4.78 is 0. The lowest BCUT2D eigenvalue weighted by Crippen LogP contribution is -2.49. The molecule has 4 nitrogen and oxygen atoms in total. The van der Waals surface area contributed by atoms with E-state index in [9.17, 15) is 4.79 Å². The lowest BCUT2D eigenvalue weighted by molar-refractivity contribution is 0.0893. The quantitative estimate of drug-likeness (QED) is 0.909. The molecule has 0 spiro atoms. The van der Waals surface area contributed by atoms with E-state index in [1.54, 1.807) is 0 Å². The van der Waals surface area contributed by atoms with Crippen molar-refractivity contribution in [2.24, 2.45) is 0 Å². The Bertz CT molecular complexity index is 490. The molecule has 0 atom stereocenters. The molecule has 1 aliphatic rings. The smallest absolute Gasteiger partial charge is 0.252 e. The molecule has 1 aliphatic heterocycles. The number of carbonyl (C=O) groups is 1. The summed E-state index contributed by atoms with van der Waals surface area (Å²) in [6, 6.07) is 7.67. The minimum Gasteiger partial charge on any atom is -0.373 e. The topological polar surface area (TPSA) is 35.6 Å². The van der Waals surface area contributed by atoms with Crippen LogP contribution >= 0.6 is 0 Å². The van der Waals surface area contributed by atoms with Crippen LogP contribution in [0.15, 0.2) is 36.5 Å². The number of carbonyl (C=O) groups excluding carboxylic acids is 1. The van der Waals surface area contributed by atoms with Crippen molar-refractivity contribution in [1.29, 1.82) is 0 Å². The highest BCUT2D eigenvalue weighted by atomic mass is 16.1. The van der Waals surface area contributed by atoms with Gasteiger partial charge in [0.1, 0.15) is 0 Å². The van der Waals surface area contributed by atoms with E-state index in [4.69, 9.17) is 0 Å². The number of nitrogens with zero attached hydrogens (tertiary/aromatic N) is 2. The molecular weight excluding hydrogens is 250 g/mol. The first-order chi connectivity index (χ1) is 9.56. The van der Waals surface area contributed by atoms with E-state index >= 15 is 0 Å². The number of benzene rings is 1. The highest BCUT2D eigenvalue weighted by molar-refractivity contribution is 5.94. The second-order valence-corrected chi connectivity index (χ2v) is 5.37. The molecule has 1 fully saturated rings. The van der Waals surface area contributed by atoms with E-state index in [0.29, 0.717) is 6.67 Å². The van der Waals surface area contributed by atoms with E-state index in [1.165, 1.54) is 0 Å². The van der Waals surface area contributed by atoms with Gasteiger partial charge in [-0.3, -0.25) is 9.69 Å². The van der Waals surface area contributed by atoms with Crippen molar-refractivity contribution >= 4 is 5.91 Å². The molecule has 108 valence electrons. The average Bonchev–Trinajstić information content (AvgIpc) is 2.45. The van der Waals surface area contributed by atoms with Crippen LogP contribution in [0.5, 0.6) is 0 Å². The fourth-order valence-electron chi connectivity index (χ4n) is 2.36. The van der Waals surface area contributed by atoms with Gasteiger partial charge in [0.05, 0.1) is 6.67 Å². The van der Waals surface area contributed by atoms with E-state index in [2.05, 4.69) is 21.7 Å². The predicted octanol–water partition coefficient (Wildman–Crippen LogP) is 1.83. The highest BCUT2D eigenvalue weighted by Gasteiger charge is 2.16. The van der Waals surface area contributed by atoms with Crippen LogP contribution in [0.1, 0.15) is 22.8 Å². The van der Waals surface area contributed by atoms with Gasteiger partial charge in [-0.25, -0.2) is 0 Å². The lowest BCUT2D eigenvalue weighted by atomic mass is 10.1. The summed E-state index contributed by atoms with van der Waals surface area (Å²) in [5, 5.41) is 2.99. The third kappa shape index (κ3) is 3.84. The van der Waals surface area contributed by atoms with Crippen molar-refractivity contribution in [3.05, 3.63) is 47.7 Å². The highest BCUT2D eigenvalue weighted by Crippen LogP contribution is 2.07. The number of hydrogen-bond donors (Lipinski definition) is 1. The molecule has 4 heteroatoms. The zero-order valence-electron chi connectivity index (χ0n) is 12.4. The Kier molecular flexibility index (Phi) is 4.79. The number of piperazine rings is 1. The predicted molar refractivity (Wildman–Crippen MR) is 81.5 cm³/mol. The molecule has 2 rings (SSSR count). The van der Waals surface area contributed by atoms with Crippen LogP contribution in [0.25, 0.3) is 0 Å². The Balaban J connectivity index is 1.79. The molecule has 0 aliphatic carbocycles. The maximum absolute atomic E-state index is 12.0. The van der Waals surface area contributed by atoms with Gasteiger partial charge in [0, 0.05) is 37.4 Å². The number of aryl methyl sites for hydroxylation is 1. The first-order valence-corrected chi connectivity index (χ1v) is 7.04. The Morgan fingerprint density at radius 1 is 1.30 bits per heavy atom. The van der Waals surface area contributed by atoms with Gasteiger partial charge < -0.3 is 10.2 Å². The van der Waals surface area contributed by atoms with E-state index in [0.717, 1.165) is 43.0 Å². The van der Waals surface area contributed by atoms with E-state index in [1.807, 2.05) is 38.1 Å². The zero-order valence-corrected chi connectivity index (χ0v) is 12.4. The van der Waals surface area contributed by atoms with Gasteiger partial charge in [-0.2, -0.15) is 0 Å². The fourth-order valence-corrected chi connectivity index (χ4v) is 2.36. The minimum absolute atomic E-state index is 0.00368. The maximum Gasteiger partial charge on any atom is 0.252 e. The number of nitrogens with one attached hydrogen (secondary N) is 1. The lowest BCUT2D eigenvalue weighted by Gasteiger charge is -2.36. The normalized spacial score (nSPS) is 16.0. The Morgan fingerprint density at radius 2 is 2.00 bits per heavy atom. The molecule has 1 saturated heterocycles. The molecule has 1 aromatic rings. The van der Waals surface area contributed by atoms with Crippen molar-refractivity contribution in [1.82, 2.24) is 15.1 Å². The minimum atomic E-state index is -0.00368. The summed E-state index contributed by atoms with van der Waals surface area (Å²) in [6.07, 6.45) is 0. The van der Waals surface area contributed by atoms with Gasteiger partial charge in [-0.15, -0.1) is 0 Å². The summed E-state index contributed by atoms with van der Waals surface area (Å²) in [7, 11) is 0. The van der Waals surface area contributed by atoms with Crippen molar-refractivity contribution in [2.45, 2.75) is 13.8 Å². The van der Waals surface area contributed by atoms with Crippen LogP contribution < -0.4 is 5.32 Å². The van der Waals surface area contributed by atoms with Gasteiger partial charge in [-0.05, 0) is 26.0 Å². The summed E-state index contributed by atoms with van der Waals surface area (Å²) in [5.74, 6) is -0.00368. The monoisotopic (exact) mass is 273 g/mol. The van der Waals surface area contributed by atoms with Crippen LogP contribution in [0.4, 0.5) is 0 Å². The van der Waals surface area contributed by atoms with Crippen LogP contribution in [0, 0.1) is 6.92 Å². The van der Waals surface area contributed by atoms with Gasteiger partial charge in [0.25, 0.3) is 5.91 Å². The SMILES string of the molecule is C=C(C)N1CCN(CNC(=O)c2cccc(C)c2)CC1. The summed E-state index contributed by atoms with van der Waals surface area (Å²) in [6.45, 7) is 12.5. The Morgan fingerprint density at radius 3 is 2.60 bits per heavy atom. The van der Waals surface area contributed by atoms with Crippen molar-refractivity contribution in [3.63, 3.8) is 0 Å². The third-order valence-electron chi connectivity index (χ3n) is 3.66. The van der Waals surface area contributed by atoms with Gasteiger partial charge >= 0.3 is 0 Å². The average molecular weight is 273 g/mol. The Labute approximate surface area is 121 Å². The number of hydrogen-bond acceptors (Lipinski definition) is 3. The number of rotatable bonds is 4. The van der Waals surface area contributed by atoms with Crippen LogP contribution in [0.3, 0.4) is 0 Å². The largest absolute Gasteiger partial charge is 0.373 e. The van der Waals surface area contributed by atoms with Gasteiger partial charge in [0.15, 0.2) is 0 Å². The second-order valence-electron chi connectivity index (χ2n) is 5.37. The van der Waals surface area contributed by atoms with Crippen LogP contribution in [-0.4, -0.2) is 48.6 Å². The zero-order chi connectivity index (χ0) is 14.5. The standard InChI is InChI=1S/C16H23N3O/c1-13(2)19-9-7-18(8-10-19)12-17-16(20)15-6-4-5-14(3)11-15/h4-6,11H,1,7-10,12H2,2-3H3,(H,17,20). The van der Waals surface area contributed by atoms with E-state index < -0.39 is 0 Å². The molecule has 1 aromatic carbocycles. The maximum atomic E-state index is 12.0. The molecule has 1 heterocycles. The summed E-state index contributed by atoms with van der Waals surface area (Å²) >= 11 is 0. The summed E-state index contributed by atoms with van der Waals surface area (Å²) in [4.78, 5) is 16.6. The van der Waals surface area contributed by atoms with Crippen LogP contribution in [0.2, 0.25) is 0 Å². The number of allylic oxidation sites excluding steroid dienone is 1. The molecular formula is C16H23N3O. The van der Waals surface area contributed by atoms with Crippen molar-refractivity contribution < 1.29 is 4.79 Å². The van der Waals surface area contributed by atoms with Crippen LogP contribution in [-0.2, 0) is 0 Å². The number of amides is 1. The molecule has 0 bridgehead atoms. The third-order valence-corrected chi connectivity index (χ3v) is 3.66. The van der Waals surface area contributed by atoms with Crippen molar-refractivity contribution in [2.75, 3.05) is 32.8 Å². The molecule has 20 heavy (non-hydrogen) atoms. The summed E-state index contributed by atoms with van der Waals surface area (Å²) in [5.41, 5.74) is 2.95. The Hall–Kier alpha value is -1.81. The van der Waals surface area contributed by atoms with Gasteiger partial charge in [0.2, 0.25) is 0 Å². The molecule has 1 N–H and O–H groups in total. The molecule has 0 radical (unpaired) electrons. The molecule has 1 amide bonds. The second kappa shape index (κ2) is 6.57. The van der Waals surface area contributed by atoms with E-state index in [-0.39, 0.29) is 5.91 Å². The first-order valence-electron chi connectivity index (χ1n) is 7.04. The molecule has 0 unspecified atom stereocenters. The van der Waals surface area contributed by atoms with Crippen molar-refractivity contribution in [3.8, 4) is 0 Å². The molecule has 0 saturated carbocycles. The van der Waals surface area contributed by atoms with Gasteiger partial charge in [-0.1, -0.05) is 24.3 Å². The fraction of sp³-hybridized carbons (Fsp3) is 0.438. The molecule has 0 aromatic heterocycles.